The molecule has 30 heavy (non-hydrogen) atoms. The van der Waals surface area contributed by atoms with Crippen molar-refractivity contribution in [2.75, 3.05) is 14.2 Å². The van der Waals surface area contributed by atoms with E-state index < -0.39 is 11.9 Å². The number of carbonyl (C=O) groups excluding carboxylic acids is 2. The molecule has 0 aromatic carbocycles. The number of aromatic amines is 1. The predicted molar refractivity (Wildman–Crippen MR) is 112 cm³/mol. The van der Waals surface area contributed by atoms with E-state index in [1.807, 2.05) is 6.07 Å². The van der Waals surface area contributed by atoms with Crippen molar-refractivity contribution in [2.45, 2.75) is 0 Å². The molecule has 0 radical (unpaired) electrons. The highest BCUT2D eigenvalue weighted by molar-refractivity contribution is 9.10. The van der Waals surface area contributed by atoms with Gasteiger partial charge in [0.1, 0.15) is 4.60 Å². The Morgan fingerprint density at radius 1 is 0.867 bits per heavy atom. The van der Waals surface area contributed by atoms with E-state index in [4.69, 9.17) is 0 Å². The van der Waals surface area contributed by atoms with E-state index in [2.05, 4.69) is 45.3 Å². The molecule has 0 aliphatic heterocycles. The van der Waals surface area contributed by atoms with Gasteiger partial charge in [-0.1, -0.05) is 0 Å². The molecule has 0 atom stereocenters. The smallest absolute Gasteiger partial charge is 0.339 e. The van der Waals surface area contributed by atoms with Gasteiger partial charge >= 0.3 is 11.9 Å². The lowest BCUT2D eigenvalue weighted by Gasteiger charge is -2.00. The third kappa shape index (κ3) is 4.84. The number of esters is 2. The molecular formula is C20H15BrN4O5. The van der Waals surface area contributed by atoms with E-state index >= 15 is 0 Å². The Bertz CT molecular complexity index is 1310. The summed E-state index contributed by atoms with van der Waals surface area (Å²) in [5.41, 5.74) is 3.03. The predicted octanol–water partition coefficient (Wildman–Crippen LogP) is 2.89. The summed E-state index contributed by atoms with van der Waals surface area (Å²) in [4.78, 5) is 48.4. The van der Waals surface area contributed by atoms with Gasteiger partial charge in [-0.25, -0.2) is 14.6 Å². The fourth-order valence-electron chi connectivity index (χ4n) is 2.48. The maximum atomic E-state index is 11.2. The molecule has 0 aliphatic carbocycles. The molecule has 0 aliphatic rings. The second kappa shape index (κ2) is 9.23. The van der Waals surface area contributed by atoms with Crippen molar-refractivity contribution in [1.82, 2.24) is 19.9 Å². The number of rotatable bonds is 2. The molecular weight excluding hydrogens is 456 g/mol. The SMILES string of the molecule is COC(=O)c1cnc2ccc(=O)[nH]c2c1.COC(=O)c1cnc2ccc(Br)nc2c1. The van der Waals surface area contributed by atoms with Crippen LogP contribution in [0.1, 0.15) is 20.7 Å². The van der Waals surface area contributed by atoms with Crippen LogP contribution >= 0.6 is 15.9 Å². The quantitative estimate of drug-likeness (QED) is 0.350. The first kappa shape index (κ1) is 21.1. The summed E-state index contributed by atoms with van der Waals surface area (Å²) < 4.78 is 9.85. The normalized spacial score (nSPS) is 10.2. The van der Waals surface area contributed by atoms with E-state index in [1.165, 1.54) is 38.7 Å². The minimum absolute atomic E-state index is 0.230. The largest absolute Gasteiger partial charge is 0.465 e. The second-order valence-corrected chi connectivity index (χ2v) is 6.67. The van der Waals surface area contributed by atoms with Crippen molar-refractivity contribution in [3.63, 3.8) is 0 Å². The summed E-state index contributed by atoms with van der Waals surface area (Å²) in [7, 11) is 2.63. The Labute approximate surface area is 178 Å². The van der Waals surface area contributed by atoms with Crippen LogP contribution in [0.3, 0.4) is 0 Å². The average molecular weight is 471 g/mol. The number of nitrogens with one attached hydrogen (secondary N) is 1. The van der Waals surface area contributed by atoms with Gasteiger partial charge in [-0.15, -0.1) is 0 Å². The first-order valence-electron chi connectivity index (χ1n) is 8.49. The van der Waals surface area contributed by atoms with Crippen LogP contribution in [0.4, 0.5) is 0 Å². The van der Waals surface area contributed by atoms with Crippen LogP contribution < -0.4 is 5.56 Å². The molecule has 0 amide bonds. The van der Waals surface area contributed by atoms with Crippen molar-refractivity contribution in [3.05, 3.63) is 74.9 Å². The number of halogens is 1. The standard InChI is InChI=1S/C10H7BrN2O2.C10H8N2O3/c1-15-10(14)6-4-8-7(12-5-6)2-3-9(11)13-8;1-15-10(14)6-4-8-7(11-5-6)2-3-9(13)12-8/h2-5H,1H3;2-5H,1H3,(H,12,13). The number of hydrogen-bond donors (Lipinski definition) is 1. The fraction of sp³-hybridized carbons (Fsp3) is 0.100. The summed E-state index contributed by atoms with van der Waals surface area (Å²) in [5, 5.41) is 0. The Morgan fingerprint density at radius 3 is 2.13 bits per heavy atom. The highest BCUT2D eigenvalue weighted by Gasteiger charge is 2.08. The summed E-state index contributed by atoms with van der Waals surface area (Å²) in [6, 6.07) is 9.79. The molecule has 4 rings (SSSR count). The molecule has 0 saturated heterocycles. The van der Waals surface area contributed by atoms with Gasteiger partial charge in [0.2, 0.25) is 5.56 Å². The molecule has 10 heteroatoms. The number of carbonyl (C=O) groups is 2. The molecule has 4 heterocycles. The highest BCUT2D eigenvalue weighted by Crippen LogP contribution is 2.15. The van der Waals surface area contributed by atoms with Crippen LogP contribution in [0.5, 0.6) is 0 Å². The van der Waals surface area contributed by atoms with Gasteiger partial charge in [0, 0.05) is 18.5 Å². The lowest BCUT2D eigenvalue weighted by molar-refractivity contribution is 0.0591. The Kier molecular flexibility index (Phi) is 6.48. The molecule has 0 bridgehead atoms. The van der Waals surface area contributed by atoms with Gasteiger partial charge in [0.25, 0.3) is 0 Å². The molecule has 9 nitrogen and oxygen atoms in total. The number of methoxy groups -OCH3 is 2. The van der Waals surface area contributed by atoms with Gasteiger partial charge in [-0.2, -0.15) is 0 Å². The van der Waals surface area contributed by atoms with E-state index in [0.29, 0.717) is 32.3 Å². The zero-order chi connectivity index (χ0) is 21.7. The number of pyridine rings is 4. The maximum Gasteiger partial charge on any atom is 0.339 e. The molecule has 0 spiro atoms. The topological polar surface area (TPSA) is 124 Å². The van der Waals surface area contributed by atoms with Crippen LogP contribution in [0.15, 0.2) is 58.2 Å². The minimum atomic E-state index is -0.478. The molecule has 4 aromatic rings. The van der Waals surface area contributed by atoms with Crippen molar-refractivity contribution >= 4 is 49.9 Å². The average Bonchev–Trinajstić information content (AvgIpc) is 2.77. The van der Waals surface area contributed by atoms with Gasteiger partial charge in [-0.3, -0.25) is 14.8 Å². The number of fused-ring (bicyclic) bond motifs is 2. The second-order valence-electron chi connectivity index (χ2n) is 5.86. The zero-order valence-electron chi connectivity index (χ0n) is 15.9. The number of ether oxygens (including phenoxy) is 2. The molecule has 0 saturated carbocycles. The number of H-pyrrole nitrogens is 1. The summed E-state index contributed by atoms with van der Waals surface area (Å²) in [6.45, 7) is 0. The zero-order valence-corrected chi connectivity index (χ0v) is 17.5. The van der Waals surface area contributed by atoms with Crippen molar-refractivity contribution in [2.24, 2.45) is 0 Å². The van der Waals surface area contributed by atoms with Gasteiger partial charge in [0.05, 0.1) is 47.4 Å². The van der Waals surface area contributed by atoms with Crippen molar-refractivity contribution < 1.29 is 19.1 Å². The summed E-state index contributed by atoms with van der Waals surface area (Å²) in [5.74, 6) is -0.889. The Morgan fingerprint density at radius 2 is 1.47 bits per heavy atom. The van der Waals surface area contributed by atoms with Crippen molar-refractivity contribution in [1.29, 1.82) is 0 Å². The molecule has 152 valence electrons. The summed E-state index contributed by atoms with van der Waals surface area (Å²) >= 11 is 3.26. The number of nitrogens with zero attached hydrogens (tertiary/aromatic N) is 3. The summed E-state index contributed by atoms with van der Waals surface area (Å²) in [6.07, 6.45) is 2.89. The third-order valence-corrected chi connectivity index (χ3v) is 4.36. The fourth-order valence-corrected chi connectivity index (χ4v) is 2.80. The van der Waals surface area contributed by atoms with Crippen LogP contribution in [0.2, 0.25) is 0 Å². The van der Waals surface area contributed by atoms with Gasteiger partial charge < -0.3 is 14.5 Å². The Balaban J connectivity index is 0.000000171. The number of hydrogen-bond acceptors (Lipinski definition) is 8. The lowest BCUT2D eigenvalue weighted by atomic mass is 10.2. The monoisotopic (exact) mass is 470 g/mol. The molecule has 4 aromatic heterocycles. The van der Waals surface area contributed by atoms with Crippen LogP contribution in [-0.2, 0) is 9.47 Å². The maximum absolute atomic E-state index is 11.2. The van der Waals surface area contributed by atoms with E-state index in [9.17, 15) is 14.4 Å². The van der Waals surface area contributed by atoms with Crippen LogP contribution in [0, 0.1) is 0 Å². The van der Waals surface area contributed by atoms with E-state index in [0.717, 1.165) is 5.52 Å². The van der Waals surface area contributed by atoms with Crippen LogP contribution in [-0.4, -0.2) is 46.1 Å². The van der Waals surface area contributed by atoms with Crippen molar-refractivity contribution in [3.8, 4) is 0 Å². The number of aromatic nitrogens is 4. The third-order valence-electron chi connectivity index (χ3n) is 3.91. The van der Waals surface area contributed by atoms with Gasteiger partial charge in [-0.05, 0) is 46.3 Å². The lowest BCUT2D eigenvalue weighted by Crippen LogP contribution is -2.06. The highest BCUT2D eigenvalue weighted by atomic mass is 79.9. The minimum Gasteiger partial charge on any atom is -0.465 e. The molecule has 0 fully saturated rings. The first-order valence-corrected chi connectivity index (χ1v) is 9.28. The van der Waals surface area contributed by atoms with E-state index in [-0.39, 0.29) is 5.56 Å². The molecule has 0 unspecified atom stereocenters. The first-order chi connectivity index (χ1) is 14.4. The van der Waals surface area contributed by atoms with Gasteiger partial charge in [0.15, 0.2) is 0 Å². The molecule has 1 N–H and O–H groups in total. The Hall–Kier alpha value is -3.66. The van der Waals surface area contributed by atoms with Crippen LogP contribution in [0.25, 0.3) is 22.1 Å². The van der Waals surface area contributed by atoms with E-state index in [1.54, 1.807) is 18.2 Å².